The normalized spacial score (nSPS) is 17.3. The zero-order chi connectivity index (χ0) is 24.6. The molecule has 0 bridgehead atoms. The largest absolute Gasteiger partial charge is 0.380 e. The maximum Gasteiger partial charge on any atom is 0.240 e. The molecule has 0 spiro atoms. The maximum absolute atomic E-state index is 14.5. The molecule has 1 saturated heterocycles. The molecule has 2 N–H and O–H groups in total. The van der Waals surface area contributed by atoms with Crippen LogP contribution >= 0.6 is 0 Å². The molecule has 1 heterocycles. The van der Waals surface area contributed by atoms with Gasteiger partial charge in [0, 0.05) is 32.3 Å². The molecule has 2 aromatic rings. The fourth-order valence-electron chi connectivity index (χ4n) is 4.13. The van der Waals surface area contributed by atoms with Gasteiger partial charge in [-0.25, -0.2) is 17.5 Å². The van der Waals surface area contributed by atoms with Gasteiger partial charge < -0.3 is 10.1 Å². The predicted molar refractivity (Wildman–Crippen MR) is 135 cm³/mol. The number of likely N-dealkylation sites (tertiary alicyclic amines) is 1. The molecule has 0 amide bonds. The zero-order valence-corrected chi connectivity index (χ0v) is 21.3. The number of hydrogen-bond donors (Lipinski definition) is 2. The lowest BCUT2D eigenvalue weighted by molar-refractivity contribution is 0.118. The molecule has 1 atom stereocenters. The Morgan fingerprint density at radius 1 is 1.15 bits per heavy atom. The van der Waals surface area contributed by atoms with Gasteiger partial charge in [0.05, 0.1) is 17.2 Å². The molecule has 0 saturated carbocycles. The van der Waals surface area contributed by atoms with Crippen LogP contribution < -0.4 is 10.0 Å². The van der Waals surface area contributed by atoms with E-state index < -0.39 is 15.8 Å². The second kappa shape index (κ2) is 12.6. The van der Waals surface area contributed by atoms with Crippen molar-refractivity contribution in [2.24, 2.45) is 5.92 Å². The van der Waals surface area contributed by atoms with Crippen molar-refractivity contribution in [2.75, 3.05) is 31.6 Å². The summed E-state index contributed by atoms with van der Waals surface area (Å²) in [5.41, 5.74) is 2.31. The van der Waals surface area contributed by atoms with Gasteiger partial charge in [-0.1, -0.05) is 44.5 Å². The first-order chi connectivity index (χ1) is 16.3. The molecule has 0 aliphatic carbocycles. The van der Waals surface area contributed by atoms with Crippen molar-refractivity contribution in [3.63, 3.8) is 0 Å². The van der Waals surface area contributed by atoms with E-state index in [9.17, 15) is 12.8 Å². The number of anilines is 1. The molecule has 8 heteroatoms. The van der Waals surface area contributed by atoms with Crippen LogP contribution in [0.3, 0.4) is 0 Å². The highest BCUT2D eigenvalue weighted by Crippen LogP contribution is 2.22. The number of ether oxygens (including phenoxy) is 1. The molecular weight excluding hydrogens is 453 g/mol. The quantitative estimate of drug-likeness (QED) is 0.419. The third-order valence-electron chi connectivity index (χ3n) is 6.15. The van der Waals surface area contributed by atoms with Crippen LogP contribution in [0.2, 0.25) is 0 Å². The Balaban J connectivity index is 1.59. The van der Waals surface area contributed by atoms with Gasteiger partial charge >= 0.3 is 0 Å². The summed E-state index contributed by atoms with van der Waals surface area (Å²) in [7, 11) is -3.85. The predicted octanol–water partition coefficient (Wildman–Crippen LogP) is 4.76. The number of piperidine rings is 1. The Labute approximate surface area is 203 Å². The molecule has 188 valence electrons. The highest BCUT2D eigenvalue weighted by atomic mass is 32.2. The van der Waals surface area contributed by atoms with Crippen molar-refractivity contribution in [1.29, 1.82) is 0 Å². The fourth-order valence-corrected chi connectivity index (χ4v) is 5.15. The highest BCUT2D eigenvalue weighted by Gasteiger charge is 2.20. The summed E-state index contributed by atoms with van der Waals surface area (Å²) >= 11 is 0. The van der Waals surface area contributed by atoms with E-state index in [0.717, 1.165) is 30.3 Å². The SMILES string of the molecule is CC(C)COCCNc1ccc(S(=O)(=O)NCc2ccccc2CN2CCCCC2C)cc1F. The van der Waals surface area contributed by atoms with Gasteiger partial charge in [-0.15, -0.1) is 0 Å². The summed E-state index contributed by atoms with van der Waals surface area (Å²) in [4.78, 5) is 2.36. The highest BCUT2D eigenvalue weighted by molar-refractivity contribution is 7.89. The summed E-state index contributed by atoms with van der Waals surface area (Å²) in [6.45, 7) is 9.94. The number of nitrogens with one attached hydrogen (secondary N) is 2. The Morgan fingerprint density at radius 3 is 2.62 bits per heavy atom. The van der Waals surface area contributed by atoms with Gasteiger partial charge in [0.25, 0.3) is 0 Å². The first-order valence-electron chi connectivity index (χ1n) is 12.2. The first kappa shape index (κ1) is 26.6. The van der Waals surface area contributed by atoms with Crippen LogP contribution in [0.15, 0.2) is 47.4 Å². The minimum Gasteiger partial charge on any atom is -0.380 e. The molecule has 0 radical (unpaired) electrons. The molecule has 3 rings (SSSR count). The number of rotatable bonds is 12. The van der Waals surface area contributed by atoms with Gasteiger partial charge in [0.1, 0.15) is 5.82 Å². The molecular formula is C26H38FN3O3S. The van der Waals surface area contributed by atoms with Gasteiger partial charge in [0.15, 0.2) is 0 Å². The van der Waals surface area contributed by atoms with Crippen molar-refractivity contribution in [1.82, 2.24) is 9.62 Å². The summed E-state index contributed by atoms with van der Waals surface area (Å²) < 4.78 is 48.4. The summed E-state index contributed by atoms with van der Waals surface area (Å²) in [6.07, 6.45) is 3.65. The van der Waals surface area contributed by atoms with E-state index in [1.54, 1.807) is 0 Å². The van der Waals surface area contributed by atoms with Crippen LogP contribution in [0.1, 0.15) is 51.2 Å². The Bertz CT molecular complexity index is 1030. The van der Waals surface area contributed by atoms with Crippen molar-refractivity contribution in [2.45, 2.75) is 64.1 Å². The average Bonchev–Trinajstić information content (AvgIpc) is 2.80. The van der Waals surface area contributed by atoms with E-state index in [-0.39, 0.29) is 17.1 Å². The van der Waals surface area contributed by atoms with Gasteiger partial charge in [-0.05, 0) is 61.6 Å². The maximum atomic E-state index is 14.5. The number of benzene rings is 2. The van der Waals surface area contributed by atoms with Crippen LogP contribution in [-0.2, 0) is 27.8 Å². The molecule has 6 nitrogen and oxygen atoms in total. The van der Waals surface area contributed by atoms with Crippen LogP contribution in [0, 0.1) is 11.7 Å². The number of nitrogens with zero attached hydrogens (tertiary/aromatic N) is 1. The van der Waals surface area contributed by atoms with Crippen LogP contribution in [0.4, 0.5) is 10.1 Å². The van der Waals surface area contributed by atoms with E-state index in [0.29, 0.717) is 31.7 Å². The van der Waals surface area contributed by atoms with E-state index in [2.05, 4.69) is 41.8 Å². The summed E-state index contributed by atoms with van der Waals surface area (Å²) in [5, 5.41) is 2.95. The topological polar surface area (TPSA) is 70.7 Å². The first-order valence-corrected chi connectivity index (χ1v) is 13.7. The lowest BCUT2D eigenvalue weighted by Gasteiger charge is -2.33. The van der Waals surface area contributed by atoms with Crippen molar-refractivity contribution >= 4 is 15.7 Å². The molecule has 1 aliphatic heterocycles. The second-order valence-electron chi connectivity index (χ2n) is 9.45. The Kier molecular flexibility index (Phi) is 9.88. The van der Waals surface area contributed by atoms with Crippen molar-refractivity contribution in [3.05, 3.63) is 59.4 Å². The Hall–Kier alpha value is -2.00. The lowest BCUT2D eigenvalue weighted by atomic mass is 10.0. The molecule has 1 fully saturated rings. The standard InChI is InChI=1S/C26H38FN3O3S/c1-20(2)19-33-15-13-28-26-12-11-24(16-25(26)27)34(31,32)29-17-22-9-4-5-10-23(22)18-30-14-7-6-8-21(30)3/h4-5,9-12,16,20-21,28-29H,6-8,13-15,17-19H2,1-3H3. The van der Waals surface area contributed by atoms with Gasteiger partial charge in [0.2, 0.25) is 10.0 Å². The van der Waals surface area contributed by atoms with Crippen LogP contribution in [-0.4, -0.2) is 45.7 Å². The molecule has 2 aromatic carbocycles. The van der Waals surface area contributed by atoms with Gasteiger partial charge in [-0.3, -0.25) is 4.90 Å². The number of halogens is 1. The minimum absolute atomic E-state index is 0.0891. The Morgan fingerprint density at radius 2 is 1.91 bits per heavy atom. The van der Waals surface area contributed by atoms with E-state index in [1.807, 2.05) is 18.2 Å². The second-order valence-corrected chi connectivity index (χ2v) is 11.2. The molecule has 1 aliphatic rings. The molecule has 34 heavy (non-hydrogen) atoms. The zero-order valence-electron chi connectivity index (χ0n) is 20.5. The monoisotopic (exact) mass is 491 g/mol. The third kappa shape index (κ3) is 7.77. The van der Waals surface area contributed by atoms with E-state index in [4.69, 9.17) is 4.74 Å². The van der Waals surface area contributed by atoms with Crippen molar-refractivity contribution < 1.29 is 17.5 Å². The smallest absolute Gasteiger partial charge is 0.240 e. The number of hydrogen-bond acceptors (Lipinski definition) is 5. The third-order valence-corrected chi connectivity index (χ3v) is 7.55. The van der Waals surface area contributed by atoms with Crippen LogP contribution in [0.5, 0.6) is 0 Å². The minimum atomic E-state index is -3.85. The van der Waals surface area contributed by atoms with Gasteiger partial charge in [-0.2, -0.15) is 0 Å². The molecule has 0 aromatic heterocycles. The summed E-state index contributed by atoms with van der Waals surface area (Å²) in [6, 6.07) is 12.4. The summed E-state index contributed by atoms with van der Waals surface area (Å²) in [5.74, 6) is -0.166. The lowest BCUT2D eigenvalue weighted by Crippen LogP contribution is -2.37. The fraction of sp³-hybridized carbons (Fsp3) is 0.538. The van der Waals surface area contributed by atoms with E-state index in [1.165, 1.54) is 31.4 Å². The van der Waals surface area contributed by atoms with Crippen LogP contribution in [0.25, 0.3) is 0 Å². The van der Waals surface area contributed by atoms with E-state index >= 15 is 0 Å². The average molecular weight is 492 g/mol. The molecule has 1 unspecified atom stereocenters. The number of sulfonamides is 1. The van der Waals surface area contributed by atoms with Crippen molar-refractivity contribution in [3.8, 4) is 0 Å².